The molecule has 0 aliphatic carbocycles. The Balaban J connectivity index is 2.03. The lowest BCUT2D eigenvalue weighted by Gasteiger charge is -2.29. The molecule has 1 N–H and O–H groups in total. The first-order chi connectivity index (χ1) is 11.6. The zero-order valence-electron chi connectivity index (χ0n) is 13.6. The summed E-state index contributed by atoms with van der Waals surface area (Å²) in [4.78, 5) is 27.9. The molecular weight excluding hydrogens is 320 g/mol. The van der Waals surface area contributed by atoms with Gasteiger partial charge in [-0.3, -0.25) is 14.5 Å². The number of carbonyl (C=O) groups is 2. The van der Waals surface area contributed by atoms with Gasteiger partial charge in [-0.1, -0.05) is 48.2 Å². The number of benzene rings is 2. The fourth-order valence-corrected chi connectivity index (χ4v) is 3.58. The summed E-state index contributed by atoms with van der Waals surface area (Å²) in [5, 5.41) is 2.58. The van der Waals surface area contributed by atoms with Gasteiger partial charge in [-0.15, -0.1) is 0 Å². The minimum atomic E-state index is -0.194. The van der Waals surface area contributed by atoms with Crippen molar-refractivity contribution < 1.29 is 9.59 Å². The van der Waals surface area contributed by atoms with Crippen molar-refractivity contribution in [2.45, 2.75) is 11.8 Å². The first-order valence-electron chi connectivity index (χ1n) is 7.67. The van der Waals surface area contributed by atoms with Crippen molar-refractivity contribution in [3.63, 3.8) is 0 Å². The van der Waals surface area contributed by atoms with E-state index in [1.807, 2.05) is 61.5 Å². The third kappa shape index (κ3) is 3.21. The second-order valence-electron chi connectivity index (χ2n) is 5.50. The van der Waals surface area contributed by atoms with Crippen LogP contribution in [0.15, 0.2) is 58.3 Å². The number of thioether (sulfide) groups is 1. The number of amides is 2. The van der Waals surface area contributed by atoms with Gasteiger partial charge >= 0.3 is 0 Å². The van der Waals surface area contributed by atoms with Crippen LogP contribution in [0.1, 0.15) is 11.1 Å². The molecular formula is C19H18N2O2S. The van der Waals surface area contributed by atoms with Gasteiger partial charge in [-0.05, 0) is 36.3 Å². The van der Waals surface area contributed by atoms with E-state index in [0.29, 0.717) is 4.91 Å². The SMILES string of the molecule is CNC(=O)CN1C(=O)/C(=C/c2ccccc2C)Sc2ccccc21. The van der Waals surface area contributed by atoms with Crippen molar-refractivity contribution in [2.75, 3.05) is 18.5 Å². The lowest BCUT2D eigenvalue weighted by Crippen LogP contribution is -2.41. The van der Waals surface area contributed by atoms with Crippen molar-refractivity contribution >= 4 is 35.3 Å². The van der Waals surface area contributed by atoms with Crippen LogP contribution in [0.3, 0.4) is 0 Å². The van der Waals surface area contributed by atoms with E-state index in [1.54, 1.807) is 7.05 Å². The number of likely N-dealkylation sites (N-methyl/N-ethyl adjacent to an activating group) is 1. The highest BCUT2D eigenvalue weighted by molar-refractivity contribution is 8.04. The fraction of sp³-hybridized carbons (Fsp3) is 0.158. The Kier molecular flexibility index (Phi) is 4.71. The van der Waals surface area contributed by atoms with Gasteiger partial charge in [0.2, 0.25) is 5.91 Å². The number of rotatable bonds is 3. The molecule has 0 atom stereocenters. The Morgan fingerprint density at radius 2 is 1.88 bits per heavy atom. The molecule has 5 heteroatoms. The van der Waals surface area contributed by atoms with E-state index in [4.69, 9.17) is 0 Å². The van der Waals surface area contributed by atoms with E-state index in [9.17, 15) is 9.59 Å². The molecule has 1 aliphatic rings. The third-order valence-electron chi connectivity index (χ3n) is 3.89. The topological polar surface area (TPSA) is 49.4 Å². The molecule has 0 spiro atoms. The molecule has 0 aromatic heterocycles. The average molecular weight is 338 g/mol. The predicted octanol–water partition coefficient (Wildman–Crippen LogP) is 3.22. The van der Waals surface area contributed by atoms with Crippen molar-refractivity contribution in [1.82, 2.24) is 5.32 Å². The Labute approximate surface area is 145 Å². The van der Waals surface area contributed by atoms with Crippen molar-refractivity contribution in [3.05, 3.63) is 64.6 Å². The van der Waals surface area contributed by atoms with Crippen molar-refractivity contribution in [1.29, 1.82) is 0 Å². The Morgan fingerprint density at radius 3 is 2.62 bits per heavy atom. The molecule has 0 bridgehead atoms. The molecule has 2 aromatic carbocycles. The van der Waals surface area contributed by atoms with Crippen LogP contribution in [-0.2, 0) is 9.59 Å². The molecule has 0 saturated heterocycles. The van der Waals surface area contributed by atoms with E-state index < -0.39 is 0 Å². The summed E-state index contributed by atoms with van der Waals surface area (Å²) in [6.07, 6.45) is 1.90. The maximum Gasteiger partial charge on any atom is 0.265 e. The fourth-order valence-electron chi connectivity index (χ4n) is 2.53. The van der Waals surface area contributed by atoms with E-state index >= 15 is 0 Å². The standard InChI is InChI=1S/C19H18N2O2S/c1-13-7-3-4-8-14(13)11-17-19(23)21(12-18(22)20-2)15-9-5-6-10-16(15)24-17/h3-11H,12H2,1-2H3,(H,20,22)/b17-11-. The molecule has 0 fully saturated rings. The number of hydrogen-bond acceptors (Lipinski definition) is 3. The summed E-state index contributed by atoms with van der Waals surface area (Å²) in [5.74, 6) is -0.342. The first kappa shape index (κ1) is 16.3. The van der Waals surface area contributed by atoms with Gasteiger partial charge in [0.15, 0.2) is 0 Å². The molecule has 4 nitrogen and oxygen atoms in total. The number of anilines is 1. The zero-order chi connectivity index (χ0) is 17.1. The number of para-hydroxylation sites is 1. The quantitative estimate of drug-likeness (QED) is 0.874. The van der Waals surface area contributed by atoms with Gasteiger partial charge < -0.3 is 5.32 Å². The van der Waals surface area contributed by atoms with Crippen LogP contribution in [-0.4, -0.2) is 25.4 Å². The minimum absolute atomic E-state index is 0.0119. The molecule has 1 heterocycles. The summed E-state index contributed by atoms with van der Waals surface area (Å²) in [7, 11) is 1.57. The molecule has 3 rings (SSSR count). The van der Waals surface area contributed by atoms with Crippen LogP contribution in [0.4, 0.5) is 5.69 Å². The summed E-state index contributed by atoms with van der Waals surface area (Å²) >= 11 is 1.45. The van der Waals surface area contributed by atoms with Gasteiger partial charge in [0.1, 0.15) is 6.54 Å². The summed E-state index contributed by atoms with van der Waals surface area (Å²) in [5.41, 5.74) is 2.89. The lowest BCUT2D eigenvalue weighted by atomic mass is 10.1. The van der Waals surface area contributed by atoms with E-state index in [0.717, 1.165) is 21.7 Å². The van der Waals surface area contributed by atoms with Crippen LogP contribution < -0.4 is 10.2 Å². The van der Waals surface area contributed by atoms with Crippen LogP contribution in [0, 0.1) is 6.92 Å². The number of aryl methyl sites for hydroxylation is 1. The molecule has 2 amide bonds. The summed E-state index contributed by atoms with van der Waals surface area (Å²) in [6.45, 7) is 2.03. The molecule has 122 valence electrons. The van der Waals surface area contributed by atoms with Gasteiger partial charge in [0.05, 0.1) is 10.6 Å². The summed E-state index contributed by atoms with van der Waals surface area (Å²) in [6, 6.07) is 15.6. The Morgan fingerprint density at radius 1 is 1.17 bits per heavy atom. The van der Waals surface area contributed by atoms with E-state index in [-0.39, 0.29) is 18.4 Å². The molecule has 1 aliphatic heterocycles. The lowest BCUT2D eigenvalue weighted by molar-refractivity contribution is -0.122. The highest BCUT2D eigenvalue weighted by Gasteiger charge is 2.30. The number of hydrogen-bond donors (Lipinski definition) is 1. The monoisotopic (exact) mass is 338 g/mol. The molecule has 2 aromatic rings. The molecule has 0 saturated carbocycles. The maximum atomic E-state index is 12.9. The number of nitrogens with one attached hydrogen (secondary N) is 1. The van der Waals surface area contributed by atoms with Crippen molar-refractivity contribution in [3.8, 4) is 0 Å². The first-order valence-corrected chi connectivity index (χ1v) is 8.48. The molecule has 0 unspecified atom stereocenters. The molecule has 24 heavy (non-hydrogen) atoms. The normalized spacial score (nSPS) is 15.3. The van der Waals surface area contributed by atoms with Crippen LogP contribution >= 0.6 is 11.8 Å². The van der Waals surface area contributed by atoms with Crippen molar-refractivity contribution in [2.24, 2.45) is 0 Å². The average Bonchev–Trinajstić information content (AvgIpc) is 2.60. The number of carbonyl (C=O) groups excluding carboxylic acids is 2. The zero-order valence-corrected chi connectivity index (χ0v) is 14.4. The minimum Gasteiger partial charge on any atom is -0.358 e. The highest BCUT2D eigenvalue weighted by atomic mass is 32.2. The second kappa shape index (κ2) is 6.93. The van der Waals surface area contributed by atoms with Gasteiger partial charge in [-0.2, -0.15) is 0 Å². The largest absolute Gasteiger partial charge is 0.358 e. The smallest absolute Gasteiger partial charge is 0.265 e. The van der Waals surface area contributed by atoms with Gasteiger partial charge in [-0.25, -0.2) is 0 Å². The number of nitrogens with zero attached hydrogens (tertiary/aromatic N) is 1. The van der Waals surface area contributed by atoms with E-state index in [1.165, 1.54) is 16.7 Å². The van der Waals surface area contributed by atoms with E-state index in [2.05, 4.69) is 5.32 Å². The van der Waals surface area contributed by atoms with Gasteiger partial charge in [0.25, 0.3) is 5.91 Å². The Bertz CT molecular complexity index is 830. The predicted molar refractivity (Wildman–Crippen MR) is 97.9 cm³/mol. The maximum absolute atomic E-state index is 12.9. The highest BCUT2D eigenvalue weighted by Crippen LogP contribution is 2.42. The van der Waals surface area contributed by atoms with Gasteiger partial charge in [0, 0.05) is 11.9 Å². The Hall–Kier alpha value is -2.53. The molecule has 0 radical (unpaired) electrons. The van der Waals surface area contributed by atoms with Crippen LogP contribution in [0.2, 0.25) is 0 Å². The van der Waals surface area contributed by atoms with Crippen LogP contribution in [0.25, 0.3) is 6.08 Å². The third-order valence-corrected chi connectivity index (χ3v) is 4.97. The summed E-state index contributed by atoms with van der Waals surface area (Å²) < 4.78 is 0. The van der Waals surface area contributed by atoms with Crippen LogP contribution in [0.5, 0.6) is 0 Å². The second-order valence-corrected chi connectivity index (χ2v) is 6.58. The number of fused-ring (bicyclic) bond motifs is 1.